The number of aromatic nitrogens is 3. The Morgan fingerprint density at radius 1 is 1.42 bits per heavy atom. The highest BCUT2D eigenvalue weighted by Crippen LogP contribution is 2.38. The zero-order chi connectivity index (χ0) is 13.8. The molecule has 5 heteroatoms. The average Bonchev–Trinajstić information content (AvgIpc) is 2.77. The van der Waals surface area contributed by atoms with Crippen molar-refractivity contribution in [2.24, 2.45) is 11.8 Å². The van der Waals surface area contributed by atoms with Crippen LogP contribution in [0.1, 0.15) is 45.9 Å². The fourth-order valence-electron chi connectivity index (χ4n) is 2.90. The molecule has 1 aromatic heterocycles. The highest BCUT2D eigenvalue weighted by molar-refractivity contribution is 7.99. The molecule has 1 aliphatic carbocycles. The molecule has 1 heterocycles. The Hall–Kier alpha value is -0.550. The van der Waals surface area contributed by atoms with Gasteiger partial charge in [-0.15, -0.1) is 5.10 Å². The molecule has 1 aromatic rings. The molecule has 0 radical (unpaired) electrons. The summed E-state index contributed by atoms with van der Waals surface area (Å²) >= 11 is 1.84. The van der Waals surface area contributed by atoms with Crippen molar-refractivity contribution in [3.63, 3.8) is 0 Å². The van der Waals surface area contributed by atoms with E-state index in [4.69, 9.17) is 0 Å². The van der Waals surface area contributed by atoms with Crippen LogP contribution in [0, 0.1) is 18.8 Å². The van der Waals surface area contributed by atoms with Crippen molar-refractivity contribution in [3.05, 3.63) is 5.82 Å². The molecule has 1 saturated carbocycles. The fourth-order valence-corrected chi connectivity index (χ4v) is 4.20. The number of H-pyrrole nitrogens is 1. The number of rotatable bonds is 5. The minimum atomic E-state index is 0.594. The minimum Gasteiger partial charge on any atom is -0.313 e. The van der Waals surface area contributed by atoms with Gasteiger partial charge in [-0.05, 0) is 44.6 Å². The van der Waals surface area contributed by atoms with E-state index in [0.29, 0.717) is 11.3 Å². The molecule has 4 nitrogen and oxygen atoms in total. The molecule has 108 valence electrons. The van der Waals surface area contributed by atoms with Gasteiger partial charge in [0, 0.05) is 11.3 Å². The molecule has 0 saturated heterocycles. The van der Waals surface area contributed by atoms with E-state index in [0.717, 1.165) is 29.4 Å². The summed E-state index contributed by atoms with van der Waals surface area (Å²) in [4.78, 5) is 4.44. The van der Waals surface area contributed by atoms with Crippen LogP contribution in [0.4, 0.5) is 0 Å². The number of hydrogen-bond acceptors (Lipinski definition) is 4. The van der Waals surface area contributed by atoms with Crippen LogP contribution in [0.15, 0.2) is 5.16 Å². The van der Waals surface area contributed by atoms with Crippen LogP contribution in [0.25, 0.3) is 0 Å². The Morgan fingerprint density at radius 2 is 2.21 bits per heavy atom. The van der Waals surface area contributed by atoms with Crippen molar-refractivity contribution in [2.75, 3.05) is 6.54 Å². The van der Waals surface area contributed by atoms with Gasteiger partial charge in [0.15, 0.2) is 0 Å². The lowest BCUT2D eigenvalue weighted by Crippen LogP contribution is -2.43. The van der Waals surface area contributed by atoms with Crippen molar-refractivity contribution >= 4 is 11.8 Å². The summed E-state index contributed by atoms with van der Waals surface area (Å²) in [6.07, 6.45) is 3.89. The van der Waals surface area contributed by atoms with E-state index in [1.54, 1.807) is 0 Å². The van der Waals surface area contributed by atoms with Gasteiger partial charge >= 0.3 is 0 Å². The first-order valence-corrected chi connectivity index (χ1v) is 8.27. The SMILES string of the molecule is CCNC1CCC(C(C)C)CC1Sc1n[nH]c(C)n1. The minimum absolute atomic E-state index is 0.594. The van der Waals surface area contributed by atoms with Crippen molar-refractivity contribution in [2.45, 2.75) is 63.4 Å². The van der Waals surface area contributed by atoms with E-state index < -0.39 is 0 Å². The number of hydrogen-bond donors (Lipinski definition) is 2. The number of nitrogens with zero attached hydrogens (tertiary/aromatic N) is 2. The van der Waals surface area contributed by atoms with Gasteiger partial charge in [0.25, 0.3) is 0 Å². The number of aromatic amines is 1. The highest BCUT2D eigenvalue weighted by atomic mass is 32.2. The first-order chi connectivity index (χ1) is 9.10. The third kappa shape index (κ3) is 3.96. The molecular formula is C14H26N4S. The Bertz CT molecular complexity index is 391. The Morgan fingerprint density at radius 3 is 2.79 bits per heavy atom. The second-order valence-electron chi connectivity index (χ2n) is 5.84. The highest BCUT2D eigenvalue weighted by Gasteiger charge is 2.32. The molecule has 0 aromatic carbocycles. The van der Waals surface area contributed by atoms with Crippen LogP contribution in [-0.4, -0.2) is 33.0 Å². The third-order valence-electron chi connectivity index (χ3n) is 4.07. The Balaban J connectivity index is 2.02. The summed E-state index contributed by atoms with van der Waals surface area (Å²) in [5.74, 6) is 2.52. The Kier molecular flexibility index (Phi) is 5.28. The number of thioether (sulfide) groups is 1. The first-order valence-electron chi connectivity index (χ1n) is 7.39. The molecule has 0 spiro atoms. The lowest BCUT2D eigenvalue weighted by Gasteiger charge is -2.37. The van der Waals surface area contributed by atoms with Gasteiger partial charge in [-0.25, -0.2) is 4.98 Å². The maximum atomic E-state index is 4.44. The second-order valence-corrected chi connectivity index (χ2v) is 7.05. The maximum absolute atomic E-state index is 4.44. The number of aryl methyl sites for hydroxylation is 1. The summed E-state index contributed by atoms with van der Waals surface area (Å²) in [5.41, 5.74) is 0. The van der Waals surface area contributed by atoms with Gasteiger partial charge in [0.05, 0.1) is 0 Å². The van der Waals surface area contributed by atoms with Crippen LogP contribution in [0.5, 0.6) is 0 Å². The summed E-state index contributed by atoms with van der Waals surface area (Å²) in [5, 5.41) is 12.3. The molecule has 0 aliphatic heterocycles. The molecule has 19 heavy (non-hydrogen) atoms. The summed E-state index contributed by atoms with van der Waals surface area (Å²) in [6, 6.07) is 0.601. The van der Waals surface area contributed by atoms with E-state index in [2.05, 4.69) is 41.3 Å². The van der Waals surface area contributed by atoms with E-state index in [9.17, 15) is 0 Å². The third-order valence-corrected chi connectivity index (χ3v) is 5.29. The Labute approximate surface area is 120 Å². The van der Waals surface area contributed by atoms with Crippen LogP contribution in [0.3, 0.4) is 0 Å². The summed E-state index contributed by atoms with van der Waals surface area (Å²) in [7, 11) is 0. The van der Waals surface area contributed by atoms with Crippen LogP contribution >= 0.6 is 11.8 Å². The largest absolute Gasteiger partial charge is 0.313 e. The zero-order valence-electron chi connectivity index (χ0n) is 12.4. The molecule has 0 amide bonds. The van der Waals surface area contributed by atoms with Gasteiger partial charge in [-0.3, -0.25) is 5.10 Å². The predicted octanol–water partition coefficient (Wildman–Crippen LogP) is 3.01. The van der Waals surface area contributed by atoms with Gasteiger partial charge in [0.1, 0.15) is 5.82 Å². The molecule has 2 rings (SSSR count). The van der Waals surface area contributed by atoms with Gasteiger partial charge in [0.2, 0.25) is 5.16 Å². The van der Waals surface area contributed by atoms with Crippen molar-refractivity contribution < 1.29 is 0 Å². The smallest absolute Gasteiger partial charge is 0.208 e. The molecule has 1 aliphatic rings. The maximum Gasteiger partial charge on any atom is 0.208 e. The fraction of sp³-hybridized carbons (Fsp3) is 0.857. The van der Waals surface area contributed by atoms with E-state index in [1.165, 1.54) is 19.3 Å². The quantitative estimate of drug-likeness (QED) is 0.871. The number of nitrogens with one attached hydrogen (secondary N) is 2. The molecule has 2 N–H and O–H groups in total. The summed E-state index contributed by atoms with van der Waals surface area (Å²) < 4.78 is 0. The lowest BCUT2D eigenvalue weighted by atomic mass is 9.79. The normalized spacial score (nSPS) is 27.9. The predicted molar refractivity (Wildman–Crippen MR) is 80.4 cm³/mol. The van der Waals surface area contributed by atoms with Crippen LogP contribution in [-0.2, 0) is 0 Å². The molecule has 1 fully saturated rings. The van der Waals surface area contributed by atoms with E-state index in [-0.39, 0.29) is 0 Å². The van der Waals surface area contributed by atoms with Crippen molar-refractivity contribution in [1.82, 2.24) is 20.5 Å². The van der Waals surface area contributed by atoms with Crippen molar-refractivity contribution in [3.8, 4) is 0 Å². The monoisotopic (exact) mass is 282 g/mol. The van der Waals surface area contributed by atoms with E-state index in [1.807, 2.05) is 18.7 Å². The standard InChI is InChI=1S/C14H26N4S/c1-5-15-12-7-6-11(9(2)3)8-13(12)19-14-16-10(4)17-18-14/h9,11-13,15H,5-8H2,1-4H3,(H,16,17,18). The molecule has 0 bridgehead atoms. The zero-order valence-corrected chi connectivity index (χ0v) is 13.3. The second kappa shape index (κ2) is 6.75. The first kappa shape index (κ1) is 14.9. The molecule has 3 atom stereocenters. The molecule has 3 unspecified atom stereocenters. The van der Waals surface area contributed by atoms with Gasteiger partial charge in [-0.2, -0.15) is 0 Å². The van der Waals surface area contributed by atoms with E-state index >= 15 is 0 Å². The lowest BCUT2D eigenvalue weighted by molar-refractivity contribution is 0.247. The van der Waals surface area contributed by atoms with Gasteiger partial charge < -0.3 is 5.32 Å². The topological polar surface area (TPSA) is 53.6 Å². The summed E-state index contributed by atoms with van der Waals surface area (Å²) in [6.45, 7) is 9.87. The average molecular weight is 282 g/mol. The van der Waals surface area contributed by atoms with Crippen LogP contribution in [0.2, 0.25) is 0 Å². The van der Waals surface area contributed by atoms with Crippen LogP contribution < -0.4 is 5.32 Å². The van der Waals surface area contributed by atoms with Gasteiger partial charge in [-0.1, -0.05) is 32.5 Å². The van der Waals surface area contributed by atoms with Crippen molar-refractivity contribution in [1.29, 1.82) is 0 Å². The molecular weight excluding hydrogens is 256 g/mol.